The Morgan fingerprint density at radius 3 is 3.06 bits per heavy atom. The minimum atomic E-state index is 0.329. The largest absolute Gasteiger partial charge is 0.378 e. The summed E-state index contributed by atoms with van der Waals surface area (Å²) in [5.74, 6) is 0.925. The molecule has 2 rings (SSSR count). The van der Waals surface area contributed by atoms with Crippen LogP contribution in [0.4, 0.5) is 0 Å². The molecule has 1 N–H and O–H groups in total. The molecule has 1 aromatic rings. The number of hydrogen-bond acceptors (Lipinski definition) is 4. The van der Waals surface area contributed by atoms with E-state index in [1.807, 2.05) is 13.2 Å². The first kappa shape index (κ1) is 12.5. The van der Waals surface area contributed by atoms with Crippen LogP contribution in [-0.2, 0) is 24.1 Å². The fourth-order valence-electron chi connectivity index (χ4n) is 2.23. The van der Waals surface area contributed by atoms with Crippen molar-refractivity contribution in [2.24, 2.45) is 0 Å². The number of rotatable bonds is 5. The van der Waals surface area contributed by atoms with Gasteiger partial charge in [0.25, 0.3) is 0 Å². The minimum absolute atomic E-state index is 0.329. The maximum Gasteiger partial charge on any atom is 0.131 e. The third-order valence-electron chi connectivity index (χ3n) is 3.14. The molecule has 0 bridgehead atoms. The summed E-state index contributed by atoms with van der Waals surface area (Å²) in [6.07, 6.45) is 6.40. The first-order valence-corrected chi connectivity index (χ1v) is 6.43. The molecule has 1 unspecified atom stereocenters. The van der Waals surface area contributed by atoms with E-state index in [1.165, 1.54) is 12.0 Å². The SMILES string of the molecule is CCc1nc(CC2CCCO2)ncc1CNC. The van der Waals surface area contributed by atoms with Gasteiger partial charge in [0.2, 0.25) is 0 Å². The van der Waals surface area contributed by atoms with Gasteiger partial charge < -0.3 is 10.1 Å². The van der Waals surface area contributed by atoms with Crippen LogP contribution in [0.15, 0.2) is 6.20 Å². The third-order valence-corrected chi connectivity index (χ3v) is 3.14. The lowest BCUT2D eigenvalue weighted by atomic mass is 10.1. The van der Waals surface area contributed by atoms with Crippen LogP contribution in [0.5, 0.6) is 0 Å². The van der Waals surface area contributed by atoms with Crippen molar-refractivity contribution in [3.05, 3.63) is 23.3 Å². The normalized spacial score (nSPS) is 19.8. The molecule has 0 aromatic carbocycles. The molecule has 1 saturated heterocycles. The summed E-state index contributed by atoms with van der Waals surface area (Å²) < 4.78 is 5.62. The molecule has 0 amide bonds. The quantitative estimate of drug-likeness (QED) is 0.839. The zero-order valence-electron chi connectivity index (χ0n) is 10.7. The van der Waals surface area contributed by atoms with Crippen LogP contribution in [-0.4, -0.2) is 29.7 Å². The van der Waals surface area contributed by atoms with Gasteiger partial charge >= 0.3 is 0 Å². The Morgan fingerprint density at radius 1 is 1.53 bits per heavy atom. The molecule has 0 radical (unpaired) electrons. The number of nitrogens with zero attached hydrogens (tertiary/aromatic N) is 2. The molecule has 94 valence electrons. The van der Waals surface area contributed by atoms with Gasteiger partial charge in [0.1, 0.15) is 5.82 Å². The van der Waals surface area contributed by atoms with E-state index in [0.29, 0.717) is 6.10 Å². The van der Waals surface area contributed by atoms with E-state index in [-0.39, 0.29) is 0 Å². The first-order chi connectivity index (χ1) is 8.33. The van der Waals surface area contributed by atoms with E-state index in [1.54, 1.807) is 0 Å². The molecule has 1 aliphatic heterocycles. The number of aromatic nitrogens is 2. The summed E-state index contributed by atoms with van der Waals surface area (Å²) >= 11 is 0. The van der Waals surface area contributed by atoms with Crippen molar-refractivity contribution < 1.29 is 4.74 Å². The molecule has 17 heavy (non-hydrogen) atoms. The molecule has 2 heterocycles. The highest BCUT2D eigenvalue weighted by atomic mass is 16.5. The van der Waals surface area contributed by atoms with Crippen molar-refractivity contribution in [3.8, 4) is 0 Å². The van der Waals surface area contributed by atoms with Crippen LogP contribution in [0.2, 0.25) is 0 Å². The van der Waals surface area contributed by atoms with E-state index >= 15 is 0 Å². The average molecular weight is 235 g/mol. The van der Waals surface area contributed by atoms with Gasteiger partial charge in [-0.2, -0.15) is 0 Å². The monoisotopic (exact) mass is 235 g/mol. The number of aryl methyl sites for hydroxylation is 1. The van der Waals surface area contributed by atoms with Gasteiger partial charge in [-0.3, -0.25) is 0 Å². The molecule has 0 aliphatic carbocycles. The lowest BCUT2D eigenvalue weighted by Crippen LogP contribution is -2.15. The number of hydrogen-bond donors (Lipinski definition) is 1. The average Bonchev–Trinajstić information content (AvgIpc) is 2.84. The van der Waals surface area contributed by atoms with E-state index in [4.69, 9.17) is 4.74 Å². The number of nitrogens with one attached hydrogen (secondary N) is 1. The van der Waals surface area contributed by atoms with Gasteiger partial charge in [0.05, 0.1) is 6.10 Å². The fourth-order valence-corrected chi connectivity index (χ4v) is 2.23. The Bertz CT molecular complexity index is 362. The smallest absolute Gasteiger partial charge is 0.131 e. The van der Waals surface area contributed by atoms with Gasteiger partial charge in [0.15, 0.2) is 0 Å². The van der Waals surface area contributed by atoms with E-state index < -0.39 is 0 Å². The number of ether oxygens (including phenoxy) is 1. The Hall–Kier alpha value is -1.00. The summed E-state index contributed by atoms with van der Waals surface area (Å²) in [6.45, 7) is 3.86. The highest BCUT2D eigenvalue weighted by molar-refractivity contribution is 5.17. The molecule has 1 atom stereocenters. The Labute approximate surface area is 103 Å². The van der Waals surface area contributed by atoms with Crippen molar-refractivity contribution in [2.45, 2.75) is 45.3 Å². The summed E-state index contributed by atoms with van der Waals surface area (Å²) in [5, 5.41) is 3.15. The maximum absolute atomic E-state index is 5.62. The summed E-state index contributed by atoms with van der Waals surface area (Å²) in [5.41, 5.74) is 2.36. The lowest BCUT2D eigenvalue weighted by Gasteiger charge is -2.11. The Morgan fingerprint density at radius 2 is 2.41 bits per heavy atom. The zero-order chi connectivity index (χ0) is 12.1. The summed E-state index contributed by atoms with van der Waals surface area (Å²) in [7, 11) is 1.94. The standard InChI is InChI=1S/C13H21N3O/c1-3-12-10(8-14-2)9-15-13(16-12)7-11-5-4-6-17-11/h9,11,14H,3-8H2,1-2H3. The van der Waals surface area contributed by atoms with Crippen molar-refractivity contribution in [1.82, 2.24) is 15.3 Å². The van der Waals surface area contributed by atoms with Gasteiger partial charge in [-0.25, -0.2) is 9.97 Å². The molecule has 0 spiro atoms. The second kappa shape index (κ2) is 6.07. The summed E-state index contributed by atoms with van der Waals surface area (Å²) in [6, 6.07) is 0. The highest BCUT2D eigenvalue weighted by Gasteiger charge is 2.17. The van der Waals surface area contributed by atoms with E-state index in [0.717, 1.165) is 43.9 Å². The predicted molar refractivity (Wildman–Crippen MR) is 66.9 cm³/mol. The molecular weight excluding hydrogens is 214 g/mol. The second-order valence-corrected chi connectivity index (χ2v) is 4.48. The predicted octanol–water partition coefficient (Wildman–Crippen LogP) is 1.48. The van der Waals surface area contributed by atoms with Crippen molar-refractivity contribution in [3.63, 3.8) is 0 Å². The fraction of sp³-hybridized carbons (Fsp3) is 0.692. The van der Waals surface area contributed by atoms with Gasteiger partial charge in [-0.05, 0) is 26.3 Å². The highest BCUT2D eigenvalue weighted by Crippen LogP contribution is 2.16. The van der Waals surface area contributed by atoms with Crippen LogP contribution < -0.4 is 5.32 Å². The van der Waals surface area contributed by atoms with E-state index in [2.05, 4.69) is 22.2 Å². The molecule has 4 heteroatoms. The molecule has 4 nitrogen and oxygen atoms in total. The zero-order valence-corrected chi connectivity index (χ0v) is 10.7. The third kappa shape index (κ3) is 3.23. The van der Waals surface area contributed by atoms with E-state index in [9.17, 15) is 0 Å². The molecule has 1 fully saturated rings. The maximum atomic E-state index is 5.62. The lowest BCUT2D eigenvalue weighted by molar-refractivity contribution is 0.110. The van der Waals surface area contributed by atoms with Gasteiger partial charge in [-0.1, -0.05) is 6.92 Å². The van der Waals surface area contributed by atoms with Crippen LogP contribution in [0.1, 0.15) is 36.8 Å². The molecule has 1 aliphatic rings. The Kier molecular flexibility index (Phi) is 4.45. The van der Waals surface area contributed by atoms with Gasteiger partial charge in [-0.15, -0.1) is 0 Å². The topological polar surface area (TPSA) is 47.0 Å². The van der Waals surface area contributed by atoms with Crippen LogP contribution in [0, 0.1) is 0 Å². The molecule has 1 aromatic heterocycles. The van der Waals surface area contributed by atoms with Crippen LogP contribution >= 0.6 is 0 Å². The van der Waals surface area contributed by atoms with Crippen LogP contribution in [0.3, 0.4) is 0 Å². The van der Waals surface area contributed by atoms with Crippen molar-refractivity contribution in [2.75, 3.05) is 13.7 Å². The van der Waals surface area contributed by atoms with Crippen molar-refractivity contribution in [1.29, 1.82) is 0 Å². The molecule has 0 saturated carbocycles. The molecular formula is C13H21N3O. The first-order valence-electron chi connectivity index (χ1n) is 6.43. The second-order valence-electron chi connectivity index (χ2n) is 4.48. The summed E-state index contributed by atoms with van der Waals surface area (Å²) in [4.78, 5) is 9.08. The van der Waals surface area contributed by atoms with Crippen molar-refractivity contribution >= 4 is 0 Å². The Balaban J connectivity index is 2.07. The van der Waals surface area contributed by atoms with Gasteiger partial charge in [0, 0.05) is 37.0 Å². The van der Waals surface area contributed by atoms with Crippen LogP contribution in [0.25, 0.3) is 0 Å². The minimum Gasteiger partial charge on any atom is -0.378 e.